The van der Waals surface area contributed by atoms with Crippen LogP contribution in [0.3, 0.4) is 0 Å². The van der Waals surface area contributed by atoms with Crippen molar-refractivity contribution in [1.29, 1.82) is 0 Å². The van der Waals surface area contributed by atoms with Crippen LogP contribution in [-0.4, -0.2) is 30.3 Å². The second kappa shape index (κ2) is 11.9. The number of amides is 3. The first kappa shape index (κ1) is 28.1. The molecule has 9 nitrogen and oxygen atoms in total. The third-order valence-electron chi connectivity index (χ3n) is 6.53. The van der Waals surface area contributed by atoms with Gasteiger partial charge in [-0.15, -0.1) is 0 Å². The number of ether oxygens (including phenoxy) is 1. The van der Waals surface area contributed by atoms with Crippen molar-refractivity contribution in [2.75, 3.05) is 16.8 Å². The molecule has 0 fully saturated rings. The SMILES string of the molecule is CCOC(=O)C1=C(C)N(c2ccc(C)cc2)C(=O)/C1=C/c1ccc(CNC(=O)C(=O)Nc2ccc(C)c(C)c2)o1. The zero-order valence-corrected chi connectivity index (χ0v) is 23.1. The summed E-state index contributed by atoms with van der Waals surface area (Å²) < 4.78 is 11.0. The highest BCUT2D eigenvalue weighted by molar-refractivity contribution is 6.39. The van der Waals surface area contributed by atoms with E-state index in [4.69, 9.17) is 9.15 Å². The first-order valence-electron chi connectivity index (χ1n) is 12.9. The maximum absolute atomic E-state index is 13.5. The fourth-order valence-corrected chi connectivity index (χ4v) is 4.25. The largest absolute Gasteiger partial charge is 0.462 e. The molecular formula is C31H31N3O6. The fraction of sp³-hybridized carbons (Fsp3) is 0.226. The van der Waals surface area contributed by atoms with Gasteiger partial charge < -0.3 is 19.8 Å². The van der Waals surface area contributed by atoms with Crippen molar-refractivity contribution in [3.63, 3.8) is 0 Å². The van der Waals surface area contributed by atoms with Crippen molar-refractivity contribution in [2.24, 2.45) is 0 Å². The van der Waals surface area contributed by atoms with Gasteiger partial charge in [0.05, 0.1) is 24.3 Å². The van der Waals surface area contributed by atoms with Crippen molar-refractivity contribution in [2.45, 2.75) is 41.2 Å². The van der Waals surface area contributed by atoms with Crippen LogP contribution < -0.4 is 15.5 Å². The summed E-state index contributed by atoms with van der Waals surface area (Å²) in [4.78, 5) is 52.4. The number of esters is 1. The van der Waals surface area contributed by atoms with Crippen LogP contribution in [-0.2, 0) is 30.5 Å². The van der Waals surface area contributed by atoms with Crippen molar-refractivity contribution >= 4 is 41.1 Å². The number of nitrogens with zero attached hydrogens (tertiary/aromatic N) is 1. The normalized spacial score (nSPS) is 14.1. The molecule has 40 heavy (non-hydrogen) atoms. The Labute approximate surface area is 232 Å². The van der Waals surface area contributed by atoms with Gasteiger partial charge in [-0.25, -0.2) is 4.79 Å². The van der Waals surface area contributed by atoms with E-state index in [1.54, 1.807) is 38.1 Å². The monoisotopic (exact) mass is 541 g/mol. The van der Waals surface area contributed by atoms with Gasteiger partial charge in [-0.3, -0.25) is 19.3 Å². The molecule has 4 rings (SSSR count). The summed E-state index contributed by atoms with van der Waals surface area (Å²) in [6.45, 7) is 9.31. The minimum absolute atomic E-state index is 0.0502. The first-order valence-corrected chi connectivity index (χ1v) is 12.9. The number of hydrogen-bond donors (Lipinski definition) is 2. The van der Waals surface area contributed by atoms with Gasteiger partial charge in [-0.05, 0) is 88.2 Å². The van der Waals surface area contributed by atoms with E-state index in [-0.39, 0.29) is 24.3 Å². The average molecular weight is 542 g/mol. The molecule has 2 aromatic carbocycles. The smallest absolute Gasteiger partial charge is 0.340 e. The highest BCUT2D eigenvalue weighted by Crippen LogP contribution is 2.35. The number of allylic oxidation sites excluding steroid dienone is 1. The summed E-state index contributed by atoms with van der Waals surface area (Å²) in [5.74, 6) is -1.96. The molecule has 206 valence electrons. The van der Waals surface area contributed by atoms with Crippen LogP contribution in [0.1, 0.15) is 42.1 Å². The molecule has 0 atom stereocenters. The van der Waals surface area contributed by atoms with Gasteiger partial charge in [0.25, 0.3) is 5.91 Å². The highest BCUT2D eigenvalue weighted by atomic mass is 16.5. The zero-order valence-electron chi connectivity index (χ0n) is 23.1. The van der Waals surface area contributed by atoms with Gasteiger partial charge in [0, 0.05) is 17.1 Å². The maximum Gasteiger partial charge on any atom is 0.340 e. The molecule has 0 saturated heterocycles. The number of furan rings is 1. The molecule has 1 aliphatic heterocycles. The molecule has 1 aromatic heterocycles. The molecule has 0 unspecified atom stereocenters. The Kier molecular flexibility index (Phi) is 8.33. The van der Waals surface area contributed by atoms with Crippen molar-refractivity contribution in [1.82, 2.24) is 5.32 Å². The van der Waals surface area contributed by atoms with E-state index in [2.05, 4.69) is 10.6 Å². The molecule has 1 aliphatic rings. The van der Waals surface area contributed by atoms with Crippen LogP contribution in [0.5, 0.6) is 0 Å². The molecule has 0 radical (unpaired) electrons. The predicted molar refractivity (Wildman–Crippen MR) is 151 cm³/mol. The van der Waals surface area contributed by atoms with Gasteiger partial charge in [-0.2, -0.15) is 0 Å². The van der Waals surface area contributed by atoms with Crippen LogP contribution >= 0.6 is 0 Å². The van der Waals surface area contributed by atoms with Crippen LogP contribution in [0.4, 0.5) is 11.4 Å². The Morgan fingerprint density at radius 2 is 1.65 bits per heavy atom. The van der Waals surface area contributed by atoms with Crippen LogP contribution in [0.15, 0.2) is 75.9 Å². The van der Waals surface area contributed by atoms with E-state index in [1.165, 1.54) is 11.0 Å². The summed E-state index contributed by atoms with van der Waals surface area (Å²) in [5, 5.41) is 5.09. The number of aryl methyl sites for hydroxylation is 3. The Morgan fingerprint density at radius 1 is 0.925 bits per heavy atom. The molecule has 3 amide bonds. The van der Waals surface area contributed by atoms with Crippen LogP contribution in [0.2, 0.25) is 0 Å². The Balaban J connectivity index is 1.49. The predicted octanol–water partition coefficient (Wildman–Crippen LogP) is 4.73. The molecular weight excluding hydrogens is 510 g/mol. The summed E-state index contributed by atoms with van der Waals surface area (Å²) >= 11 is 0. The van der Waals surface area contributed by atoms with Gasteiger partial charge >= 0.3 is 17.8 Å². The molecule has 0 bridgehead atoms. The molecule has 9 heteroatoms. The highest BCUT2D eigenvalue weighted by Gasteiger charge is 2.38. The Hall–Kier alpha value is -4.92. The number of rotatable bonds is 7. The lowest BCUT2D eigenvalue weighted by molar-refractivity contribution is -0.138. The minimum Gasteiger partial charge on any atom is -0.462 e. The Morgan fingerprint density at radius 3 is 2.33 bits per heavy atom. The number of carbonyl (C=O) groups excluding carboxylic acids is 4. The third-order valence-corrected chi connectivity index (χ3v) is 6.53. The molecule has 2 N–H and O–H groups in total. The lowest BCUT2D eigenvalue weighted by atomic mass is 10.1. The van der Waals surface area contributed by atoms with E-state index in [0.29, 0.717) is 28.6 Å². The fourth-order valence-electron chi connectivity index (χ4n) is 4.25. The van der Waals surface area contributed by atoms with Gasteiger partial charge in [0.1, 0.15) is 11.5 Å². The van der Waals surface area contributed by atoms with Gasteiger partial charge in [0.15, 0.2) is 0 Å². The summed E-state index contributed by atoms with van der Waals surface area (Å²) in [6.07, 6.45) is 1.48. The van der Waals surface area contributed by atoms with E-state index in [1.807, 2.05) is 51.1 Å². The summed E-state index contributed by atoms with van der Waals surface area (Å²) in [5.41, 5.74) is 5.00. The number of carbonyl (C=O) groups is 4. The molecule has 0 aliphatic carbocycles. The summed E-state index contributed by atoms with van der Waals surface area (Å²) in [6, 6.07) is 16.0. The standard InChI is InChI=1S/C31H31N3O6/c1-6-39-31(38)27-21(5)34(23-11-7-18(2)8-12-23)30(37)26(27)16-24-13-14-25(40-24)17-32-28(35)29(36)33-22-10-9-19(3)20(4)15-22/h7-16H,6,17H2,1-5H3,(H,32,35)(H,33,36)/b26-16+. The average Bonchev–Trinajstić information content (AvgIpc) is 3.47. The Bertz CT molecular complexity index is 1550. The van der Waals surface area contributed by atoms with E-state index in [0.717, 1.165) is 16.7 Å². The number of hydrogen-bond acceptors (Lipinski definition) is 6. The van der Waals surface area contributed by atoms with Crippen molar-refractivity contribution < 1.29 is 28.3 Å². The number of benzene rings is 2. The molecule has 2 heterocycles. The topological polar surface area (TPSA) is 118 Å². The zero-order chi connectivity index (χ0) is 29.0. The second-order valence-electron chi connectivity index (χ2n) is 9.45. The van der Waals surface area contributed by atoms with E-state index < -0.39 is 23.7 Å². The van der Waals surface area contributed by atoms with Crippen LogP contribution in [0, 0.1) is 20.8 Å². The quantitative estimate of drug-likeness (QED) is 0.254. The first-order chi connectivity index (χ1) is 19.1. The van der Waals surface area contributed by atoms with E-state index in [9.17, 15) is 19.2 Å². The number of anilines is 2. The molecule has 0 saturated carbocycles. The maximum atomic E-state index is 13.5. The van der Waals surface area contributed by atoms with Crippen LogP contribution in [0.25, 0.3) is 6.08 Å². The van der Waals surface area contributed by atoms with E-state index >= 15 is 0 Å². The number of nitrogens with one attached hydrogen (secondary N) is 2. The lowest BCUT2D eigenvalue weighted by Gasteiger charge is -2.18. The molecule has 0 spiro atoms. The van der Waals surface area contributed by atoms with Crippen molar-refractivity contribution in [3.8, 4) is 0 Å². The van der Waals surface area contributed by atoms with Gasteiger partial charge in [-0.1, -0.05) is 23.8 Å². The van der Waals surface area contributed by atoms with Gasteiger partial charge in [0.2, 0.25) is 0 Å². The minimum atomic E-state index is -0.822. The lowest BCUT2D eigenvalue weighted by Crippen LogP contribution is -2.34. The second-order valence-corrected chi connectivity index (χ2v) is 9.45. The van der Waals surface area contributed by atoms with Crippen molar-refractivity contribution in [3.05, 3.63) is 99.7 Å². The third kappa shape index (κ3) is 6.04. The molecule has 3 aromatic rings. The summed E-state index contributed by atoms with van der Waals surface area (Å²) in [7, 11) is 0.